The topological polar surface area (TPSA) is 109 Å². The van der Waals surface area contributed by atoms with Crippen LogP contribution in [0.3, 0.4) is 0 Å². The molecule has 3 aromatic heterocycles. The van der Waals surface area contributed by atoms with Gasteiger partial charge in [0.2, 0.25) is 0 Å². The smallest absolute Gasteiger partial charge is 0.319 e. The highest BCUT2D eigenvalue weighted by atomic mass is 35.5. The lowest BCUT2D eigenvalue weighted by atomic mass is 9.66. The summed E-state index contributed by atoms with van der Waals surface area (Å²) in [6, 6.07) is 0.262. The van der Waals surface area contributed by atoms with E-state index in [2.05, 4.69) is 25.8 Å². The Balaban J connectivity index is 1.16. The molecule has 14 heteroatoms. The van der Waals surface area contributed by atoms with Gasteiger partial charge in [-0.2, -0.15) is 25.0 Å². The number of ether oxygens (including phenoxy) is 1. The van der Waals surface area contributed by atoms with Crippen molar-refractivity contribution in [3.05, 3.63) is 29.6 Å². The van der Waals surface area contributed by atoms with E-state index in [0.29, 0.717) is 48.9 Å². The minimum absolute atomic E-state index is 0.00857. The first-order chi connectivity index (χ1) is 22.4. The van der Waals surface area contributed by atoms with E-state index in [-0.39, 0.29) is 52.8 Å². The minimum Gasteiger partial charge on any atom is -0.461 e. The summed E-state index contributed by atoms with van der Waals surface area (Å²) in [6.07, 6.45) is 9.39. The summed E-state index contributed by atoms with van der Waals surface area (Å²) in [7, 11) is 0. The molecule has 2 N–H and O–H groups in total. The second-order valence-electron chi connectivity index (χ2n) is 14.5. The van der Waals surface area contributed by atoms with E-state index >= 15 is 4.39 Å². The molecule has 11 nitrogen and oxygen atoms in total. The van der Waals surface area contributed by atoms with Crippen molar-refractivity contribution in [3.63, 3.8) is 0 Å². The van der Waals surface area contributed by atoms with E-state index < -0.39 is 12.0 Å². The van der Waals surface area contributed by atoms with Gasteiger partial charge in [0.05, 0.1) is 35.1 Å². The van der Waals surface area contributed by atoms with E-state index in [1.54, 1.807) is 6.20 Å². The first-order valence-electron chi connectivity index (χ1n) is 17.1. The highest BCUT2D eigenvalue weighted by molar-refractivity contribution is 6.21. The SMILES string of the molecule is Fc1c2ncc3c(nc(OC[C@@]45CCCN4C[C@H](F)C5)nc13)N1CCC[C@H](C1)Cn1ncc(n1)CCC1C(Cl)CC3NNCC3C21. The van der Waals surface area contributed by atoms with Crippen LogP contribution in [-0.2, 0) is 13.0 Å². The van der Waals surface area contributed by atoms with Gasteiger partial charge in [0.25, 0.3) is 0 Å². The van der Waals surface area contributed by atoms with Crippen LogP contribution in [0.1, 0.15) is 62.3 Å². The van der Waals surface area contributed by atoms with E-state index in [9.17, 15) is 4.39 Å². The zero-order chi connectivity index (χ0) is 31.0. The van der Waals surface area contributed by atoms with E-state index in [1.807, 2.05) is 11.0 Å². The number of anilines is 1. The van der Waals surface area contributed by atoms with Gasteiger partial charge in [0, 0.05) is 56.1 Å². The van der Waals surface area contributed by atoms with Gasteiger partial charge in [-0.1, -0.05) is 0 Å². The predicted octanol–water partition coefficient (Wildman–Crippen LogP) is 3.38. The fourth-order valence-corrected chi connectivity index (χ4v) is 10.1. The molecule has 0 aromatic carbocycles. The lowest BCUT2D eigenvalue weighted by Gasteiger charge is -2.42. The van der Waals surface area contributed by atoms with Gasteiger partial charge in [0.1, 0.15) is 24.1 Å². The summed E-state index contributed by atoms with van der Waals surface area (Å²) in [5.41, 5.74) is 7.90. The summed E-state index contributed by atoms with van der Waals surface area (Å²) in [4.78, 5) is 20.8. The van der Waals surface area contributed by atoms with Gasteiger partial charge < -0.3 is 9.64 Å². The van der Waals surface area contributed by atoms with Crippen molar-refractivity contribution in [2.75, 3.05) is 44.2 Å². The normalized spacial score (nSPS) is 35.9. The number of alkyl halides is 2. The first-order valence-corrected chi connectivity index (χ1v) is 17.5. The summed E-state index contributed by atoms with van der Waals surface area (Å²) in [6.45, 7) is 4.51. The molecule has 0 radical (unpaired) electrons. The van der Waals surface area contributed by atoms with Crippen LogP contribution < -0.4 is 20.5 Å². The maximum Gasteiger partial charge on any atom is 0.319 e. The number of halogens is 3. The van der Waals surface area contributed by atoms with E-state index in [4.69, 9.17) is 36.4 Å². The van der Waals surface area contributed by atoms with Crippen LogP contribution >= 0.6 is 11.6 Å². The molecule has 0 spiro atoms. The summed E-state index contributed by atoms with van der Waals surface area (Å²) < 4.78 is 38.1. The van der Waals surface area contributed by atoms with Crippen LogP contribution in [0.2, 0.25) is 0 Å². The molecule has 5 unspecified atom stereocenters. The Hall–Kier alpha value is -2.74. The predicted molar refractivity (Wildman–Crippen MR) is 168 cm³/mol. The van der Waals surface area contributed by atoms with Crippen LogP contribution in [0, 0.1) is 23.6 Å². The molecule has 8 bridgehead atoms. The molecule has 46 heavy (non-hydrogen) atoms. The van der Waals surface area contributed by atoms with Gasteiger partial charge >= 0.3 is 6.01 Å². The summed E-state index contributed by atoms with van der Waals surface area (Å²) >= 11 is 7.13. The molecule has 0 amide bonds. The molecule has 10 rings (SSSR count). The third kappa shape index (κ3) is 4.95. The maximum absolute atomic E-state index is 17.2. The van der Waals surface area contributed by atoms with Gasteiger partial charge in [-0.25, -0.2) is 8.78 Å². The van der Waals surface area contributed by atoms with Gasteiger partial charge in [-0.3, -0.25) is 20.7 Å². The quantitative estimate of drug-likeness (QED) is 0.408. The van der Waals surface area contributed by atoms with Crippen LogP contribution in [0.25, 0.3) is 10.9 Å². The van der Waals surface area contributed by atoms with Gasteiger partial charge in [-0.15, -0.1) is 11.6 Å². The fraction of sp³-hybridized carbons (Fsp3) is 0.719. The molecule has 1 saturated carbocycles. The Bertz CT molecular complexity index is 1630. The number of hydrogen-bond donors (Lipinski definition) is 2. The Labute approximate surface area is 271 Å². The molecule has 3 aromatic rings. The van der Waals surface area contributed by atoms with Crippen molar-refractivity contribution in [3.8, 4) is 6.01 Å². The van der Waals surface area contributed by atoms with Crippen molar-refractivity contribution >= 4 is 28.3 Å². The standard InChI is InChI=1S/C32H41ClF2N10O/c33-24-9-25-22(13-37-41-25)26-21(24)5-4-20-11-38-45(42-20)15-18-3-1-7-43(14-18)30-23-12-36-29(26)27(35)28(23)39-31(40-30)46-17-32-6-2-8-44(32)16-19(34)10-32/h11-12,18-19,21-22,24-26,37,41H,1-10,13-17H2/t18-,19-,21?,22?,24?,25?,26?,32+/m1/s1. The van der Waals surface area contributed by atoms with Crippen molar-refractivity contribution in [1.29, 1.82) is 0 Å². The molecular formula is C32H41ClF2N10O. The van der Waals surface area contributed by atoms with E-state index in [0.717, 1.165) is 70.3 Å². The Morgan fingerprint density at radius 1 is 1.09 bits per heavy atom. The number of pyridine rings is 1. The zero-order valence-electron chi connectivity index (χ0n) is 25.9. The molecular weight excluding hydrogens is 614 g/mol. The molecule has 6 aliphatic heterocycles. The Morgan fingerprint density at radius 2 is 2.02 bits per heavy atom. The van der Waals surface area contributed by atoms with Crippen LogP contribution in [0.15, 0.2) is 12.4 Å². The average molecular weight is 655 g/mol. The Morgan fingerprint density at radius 3 is 2.96 bits per heavy atom. The number of fused-ring (bicyclic) bond motifs is 4. The van der Waals surface area contributed by atoms with Crippen molar-refractivity contribution in [2.24, 2.45) is 17.8 Å². The average Bonchev–Trinajstić information content (AvgIpc) is 3.83. The molecule has 5 fully saturated rings. The third-order valence-electron chi connectivity index (χ3n) is 11.8. The van der Waals surface area contributed by atoms with Crippen molar-refractivity contribution < 1.29 is 13.5 Å². The number of nitrogens with one attached hydrogen (secondary N) is 2. The fourth-order valence-electron chi connectivity index (χ4n) is 9.60. The molecule has 246 valence electrons. The number of piperidine rings is 1. The molecule has 9 heterocycles. The molecule has 7 aliphatic rings. The zero-order valence-corrected chi connectivity index (χ0v) is 26.7. The highest BCUT2D eigenvalue weighted by Gasteiger charge is 2.50. The van der Waals surface area contributed by atoms with Gasteiger partial charge in [-0.05, 0) is 69.2 Å². The van der Waals surface area contributed by atoms with Crippen molar-refractivity contribution in [1.82, 2.24) is 45.7 Å². The maximum atomic E-state index is 17.2. The number of aryl methyl sites for hydroxylation is 1. The lowest BCUT2D eigenvalue weighted by molar-refractivity contribution is 0.107. The van der Waals surface area contributed by atoms with Crippen molar-refractivity contribution in [2.45, 2.75) is 87.0 Å². The summed E-state index contributed by atoms with van der Waals surface area (Å²) in [5, 5.41) is 9.89. The number of hydrazine groups is 1. The molecule has 1 aliphatic carbocycles. The van der Waals surface area contributed by atoms with Gasteiger partial charge in [0.15, 0.2) is 5.82 Å². The second kappa shape index (κ2) is 11.5. The second-order valence-corrected chi connectivity index (χ2v) is 15.1. The summed E-state index contributed by atoms with van der Waals surface area (Å²) in [5.74, 6) is 0.409. The monoisotopic (exact) mass is 654 g/mol. The number of aromatic nitrogens is 6. The number of hydrogen-bond acceptors (Lipinski definition) is 10. The van der Waals surface area contributed by atoms with E-state index in [1.165, 1.54) is 0 Å². The number of rotatable bonds is 3. The molecule has 4 saturated heterocycles. The first kappa shape index (κ1) is 29.4. The number of nitrogens with zero attached hydrogens (tertiary/aromatic N) is 8. The lowest BCUT2D eigenvalue weighted by Crippen LogP contribution is -2.45. The van der Waals surface area contributed by atoms with Crippen LogP contribution in [-0.4, -0.2) is 97.3 Å². The Kier molecular flexibility index (Phi) is 7.32. The van der Waals surface area contributed by atoms with Crippen LogP contribution in [0.4, 0.5) is 14.6 Å². The minimum atomic E-state index is -0.863. The third-order valence-corrected chi connectivity index (χ3v) is 12.3. The van der Waals surface area contributed by atoms with Crippen LogP contribution in [0.5, 0.6) is 6.01 Å². The highest BCUT2D eigenvalue weighted by Crippen LogP contribution is 2.48. The largest absolute Gasteiger partial charge is 0.461 e. The molecule has 8 atom stereocenters.